The van der Waals surface area contributed by atoms with Gasteiger partial charge in [0.15, 0.2) is 17.3 Å². The zero-order chi connectivity index (χ0) is 23.9. The summed E-state index contributed by atoms with van der Waals surface area (Å²) in [4.78, 5) is 21.6. The summed E-state index contributed by atoms with van der Waals surface area (Å²) in [5, 5.41) is 15.0. The van der Waals surface area contributed by atoms with Crippen LogP contribution in [0.5, 0.6) is 5.88 Å². The van der Waals surface area contributed by atoms with Crippen molar-refractivity contribution in [3.63, 3.8) is 0 Å². The van der Waals surface area contributed by atoms with E-state index in [1.807, 2.05) is 47.3 Å². The van der Waals surface area contributed by atoms with E-state index in [9.17, 15) is 5.11 Å². The van der Waals surface area contributed by atoms with Crippen molar-refractivity contribution >= 4 is 33.7 Å². The molecule has 9 nitrogen and oxygen atoms in total. The van der Waals surface area contributed by atoms with Gasteiger partial charge in [0.05, 0.1) is 23.8 Å². The number of aromatic amines is 1. The van der Waals surface area contributed by atoms with Crippen LogP contribution >= 0.6 is 0 Å². The van der Waals surface area contributed by atoms with Crippen molar-refractivity contribution in [2.45, 2.75) is 19.9 Å². The smallest absolute Gasteiger partial charge is 0.196 e. The SMILES string of the molecule is CC(C)N1CCN(c2ccc(Nc3ncc(-c4ccc5c(O)[nH]cc5c4)n4ccnc34)cn2)CC1. The molecule has 0 saturated carbocycles. The number of aromatic nitrogens is 5. The van der Waals surface area contributed by atoms with E-state index in [-0.39, 0.29) is 5.88 Å². The van der Waals surface area contributed by atoms with Crippen molar-refractivity contribution in [2.75, 3.05) is 36.4 Å². The molecule has 0 amide bonds. The lowest BCUT2D eigenvalue weighted by Gasteiger charge is -2.37. The third-order valence-corrected chi connectivity index (χ3v) is 6.77. The fourth-order valence-corrected chi connectivity index (χ4v) is 4.75. The van der Waals surface area contributed by atoms with Gasteiger partial charge in [-0.05, 0) is 38.1 Å². The van der Waals surface area contributed by atoms with E-state index in [0.29, 0.717) is 11.9 Å². The molecule has 35 heavy (non-hydrogen) atoms. The molecule has 6 rings (SSSR count). The molecule has 178 valence electrons. The van der Waals surface area contributed by atoms with Crippen LogP contribution in [0.4, 0.5) is 17.3 Å². The van der Waals surface area contributed by atoms with Gasteiger partial charge in [-0.1, -0.05) is 6.07 Å². The summed E-state index contributed by atoms with van der Waals surface area (Å²) in [6.45, 7) is 8.60. The highest BCUT2D eigenvalue weighted by atomic mass is 16.3. The number of pyridine rings is 1. The number of nitrogens with one attached hydrogen (secondary N) is 2. The van der Waals surface area contributed by atoms with Crippen LogP contribution in [0.15, 0.2) is 61.3 Å². The lowest BCUT2D eigenvalue weighted by molar-refractivity contribution is 0.209. The monoisotopic (exact) mass is 468 g/mol. The van der Waals surface area contributed by atoms with Crippen LogP contribution in [0, 0.1) is 0 Å². The molecular weight excluding hydrogens is 440 g/mol. The highest BCUT2D eigenvalue weighted by Crippen LogP contribution is 2.30. The van der Waals surface area contributed by atoms with Crippen molar-refractivity contribution in [3.8, 4) is 17.1 Å². The first kappa shape index (κ1) is 21.4. The summed E-state index contributed by atoms with van der Waals surface area (Å²) >= 11 is 0. The van der Waals surface area contributed by atoms with Gasteiger partial charge in [-0.2, -0.15) is 0 Å². The van der Waals surface area contributed by atoms with Gasteiger partial charge < -0.3 is 20.3 Å². The van der Waals surface area contributed by atoms with E-state index in [4.69, 9.17) is 4.98 Å². The zero-order valence-corrected chi connectivity index (χ0v) is 19.8. The number of anilines is 3. The number of aromatic hydroxyl groups is 1. The van der Waals surface area contributed by atoms with E-state index in [1.165, 1.54) is 0 Å². The van der Waals surface area contributed by atoms with Gasteiger partial charge in [-0.15, -0.1) is 0 Å². The van der Waals surface area contributed by atoms with Crippen molar-refractivity contribution in [1.29, 1.82) is 0 Å². The second-order valence-electron chi connectivity index (χ2n) is 9.20. The molecule has 0 atom stereocenters. The third kappa shape index (κ3) is 3.93. The zero-order valence-electron chi connectivity index (χ0n) is 19.8. The van der Waals surface area contributed by atoms with Gasteiger partial charge in [0.2, 0.25) is 0 Å². The van der Waals surface area contributed by atoms with Crippen LogP contribution in [0.25, 0.3) is 27.7 Å². The van der Waals surface area contributed by atoms with E-state index in [1.54, 1.807) is 12.4 Å². The molecule has 3 N–H and O–H groups in total. The summed E-state index contributed by atoms with van der Waals surface area (Å²) in [6, 6.07) is 10.6. The molecule has 4 aromatic heterocycles. The molecule has 5 heterocycles. The Morgan fingerprint density at radius 3 is 2.63 bits per heavy atom. The molecule has 1 aromatic carbocycles. The van der Waals surface area contributed by atoms with Gasteiger partial charge in [0.25, 0.3) is 0 Å². The summed E-state index contributed by atoms with van der Waals surface area (Å²) in [6.07, 6.45) is 9.18. The van der Waals surface area contributed by atoms with Crippen molar-refractivity contribution in [2.24, 2.45) is 0 Å². The van der Waals surface area contributed by atoms with Crippen LogP contribution in [0.1, 0.15) is 13.8 Å². The number of hydrogen-bond acceptors (Lipinski definition) is 7. The van der Waals surface area contributed by atoms with E-state index < -0.39 is 0 Å². The molecule has 1 fully saturated rings. The molecule has 0 radical (unpaired) electrons. The largest absolute Gasteiger partial charge is 0.494 e. The van der Waals surface area contributed by atoms with E-state index in [2.05, 4.69) is 50.0 Å². The number of H-pyrrole nitrogens is 1. The van der Waals surface area contributed by atoms with E-state index in [0.717, 1.165) is 65.4 Å². The van der Waals surface area contributed by atoms with Gasteiger partial charge in [0.1, 0.15) is 5.82 Å². The Bertz CT molecular complexity index is 1480. The van der Waals surface area contributed by atoms with Gasteiger partial charge >= 0.3 is 0 Å². The Labute approximate surface area is 203 Å². The first-order chi connectivity index (χ1) is 17.1. The molecule has 1 saturated heterocycles. The third-order valence-electron chi connectivity index (χ3n) is 6.77. The summed E-state index contributed by atoms with van der Waals surface area (Å²) < 4.78 is 2.01. The fraction of sp³-hybridized carbons (Fsp3) is 0.269. The number of benzene rings is 1. The molecule has 0 bridgehead atoms. The van der Waals surface area contributed by atoms with Crippen LogP contribution < -0.4 is 10.2 Å². The Balaban J connectivity index is 1.23. The van der Waals surface area contributed by atoms with Crippen molar-refractivity contribution in [1.82, 2.24) is 29.2 Å². The second kappa shape index (κ2) is 8.59. The van der Waals surface area contributed by atoms with Gasteiger partial charge in [-0.25, -0.2) is 15.0 Å². The first-order valence-electron chi connectivity index (χ1n) is 11.9. The topological polar surface area (TPSA) is 97.6 Å². The molecular formula is C26H28N8O. The van der Waals surface area contributed by atoms with Crippen LogP contribution in [-0.4, -0.2) is 66.6 Å². The number of nitrogens with zero attached hydrogens (tertiary/aromatic N) is 6. The highest BCUT2D eigenvalue weighted by Gasteiger charge is 2.20. The summed E-state index contributed by atoms with van der Waals surface area (Å²) in [5.74, 6) is 1.84. The molecule has 1 aliphatic rings. The van der Waals surface area contributed by atoms with Crippen LogP contribution in [0.3, 0.4) is 0 Å². The Morgan fingerprint density at radius 2 is 1.86 bits per heavy atom. The maximum Gasteiger partial charge on any atom is 0.196 e. The average Bonchev–Trinajstić information content (AvgIpc) is 3.52. The Hall–Kier alpha value is -4.11. The second-order valence-corrected chi connectivity index (χ2v) is 9.20. The minimum absolute atomic E-state index is 0.175. The normalized spacial score (nSPS) is 14.9. The number of imidazole rings is 1. The predicted molar refractivity (Wildman–Crippen MR) is 138 cm³/mol. The summed E-state index contributed by atoms with van der Waals surface area (Å²) in [7, 11) is 0. The standard InChI is InChI=1S/C26H28N8O/c1-17(2)32-9-11-33(12-10-32)23-6-4-20(15-28-23)31-24-25-27-7-8-34(25)22(16-29-24)18-3-5-21-19(13-18)14-30-26(21)35/h3-8,13-17,30,35H,9-12H2,1-2H3,(H,29,31). The maximum absolute atomic E-state index is 9.91. The Morgan fingerprint density at radius 1 is 1.00 bits per heavy atom. The molecule has 0 aliphatic carbocycles. The highest BCUT2D eigenvalue weighted by molar-refractivity contribution is 5.91. The quantitative estimate of drug-likeness (QED) is 0.355. The summed E-state index contributed by atoms with van der Waals surface area (Å²) in [5.41, 5.74) is 3.50. The van der Waals surface area contributed by atoms with Crippen LogP contribution in [-0.2, 0) is 0 Å². The molecule has 0 spiro atoms. The maximum atomic E-state index is 9.91. The molecule has 5 aromatic rings. The number of rotatable bonds is 5. The molecule has 0 unspecified atom stereocenters. The minimum atomic E-state index is 0.175. The average molecular weight is 469 g/mol. The molecule has 9 heteroatoms. The predicted octanol–water partition coefficient (Wildman–Crippen LogP) is 4.25. The first-order valence-corrected chi connectivity index (χ1v) is 11.9. The number of fused-ring (bicyclic) bond motifs is 2. The fourth-order valence-electron chi connectivity index (χ4n) is 4.75. The lowest BCUT2D eigenvalue weighted by atomic mass is 10.1. The van der Waals surface area contributed by atoms with Crippen LogP contribution in [0.2, 0.25) is 0 Å². The van der Waals surface area contributed by atoms with Crippen molar-refractivity contribution < 1.29 is 5.11 Å². The molecule has 1 aliphatic heterocycles. The van der Waals surface area contributed by atoms with Gasteiger partial charge in [-0.3, -0.25) is 9.30 Å². The Kier molecular flexibility index (Phi) is 5.26. The van der Waals surface area contributed by atoms with Gasteiger partial charge in [0, 0.05) is 67.1 Å². The van der Waals surface area contributed by atoms with E-state index >= 15 is 0 Å². The number of hydrogen-bond donors (Lipinski definition) is 3. The van der Waals surface area contributed by atoms with Crippen molar-refractivity contribution in [3.05, 3.63) is 61.3 Å². The number of piperazine rings is 1. The minimum Gasteiger partial charge on any atom is -0.494 e. The lowest BCUT2D eigenvalue weighted by Crippen LogP contribution is -2.49.